The zero-order valence-corrected chi connectivity index (χ0v) is 17.3. The Balaban J connectivity index is 2.04. The maximum atomic E-state index is 14.9. The molecule has 1 heterocycles. The van der Waals surface area contributed by atoms with Crippen molar-refractivity contribution in [1.29, 1.82) is 0 Å². The van der Waals surface area contributed by atoms with Crippen molar-refractivity contribution in [2.45, 2.75) is 19.4 Å². The van der Waals surface area contributed by atoms with Gasteiger partial charge in [0.25, 0.3) is 5.91 Å². The zero-order valence-electron chi connectivity index (χ0n) is 17.3. The number of carbonyl (C=O) groups is 1. The van der Waals surface area contributed by atoms with E-state index in [1.165, 1.54) is 39.3 Å². The molecule has 0 saturated heterocycles. The van der Waals surface area contributed by atoms with Gasteiger partial charge in [-0.15, -0.1) is 0 Å². The molecule has 0 atom stereocenters. The highest BCUT2D eigenvalue weighted by atomic mass is 19.1. The first-order valence-electron chi connectivity index (χ1n) is 9.01. The smallest absolute Gasteiger partial charge is 0.261 e. The van der Waals surface area contributed by atoms with Gasteiger partial charge >= 0.3 is 0 Å². The van der Waals surface area contributed by atoms with Gasteiger partial charge in [-0.1, -0.05) is 0 Å². The third-order valence-electron chi connectivity index (χ3n) is 4.75. The monoisotopic (exact) mass is 401 g/mol. The summed E-state index contributed by atoms with van der Waals surface area (Å²) in [6.07, 6.45) is 3.76. The molecule has 0 N–H and O–H groups in total. The zero-order chi connectivity index (χ0) is 21.3. The fraction of sp³-hybridized carbons (Fsp3) is 0.318. The van der Waals surface area contributed by atoms with Crippen LogP contribution in [-0.4, -0.2) is 39.9 Å². The van der Waals surface area contributed by atoms with E-state index in [4.69, 9.17) is 18.9 Å². The second-order valence-electron chi connectivity index (χ2n) is 7.10. The Bertz CT molecular complexity index is 984. The summed E-state index contributed by atoms with van der Waals surface area (Å²) in [7, 11) is 5.73. The number of halogens is 1. The van der Waals surface area contributed by atoms with Gasteiger partial charge in [-0.05, 0) is 50.3 Å². The number of amides is 1. The van der Waals surface area contributed by atoms with Crippen molar-refractivity contribution in [3.63, 3.8) is 0 Å². The van der Waals surface area contributed by atoms with E-state index >= 15 is 0 Å². The number of methoxy groups -OCH3 is 3. The summed E-state index contributed by atoms with van der Waals surface area (Å²) in [5, 5.41) is 0. The fourth-order valence-electron chi connectivity index (χ4n) is 3.25. The van der Waals surface area contributed by atoms with Gasteiger partial charge in [0.2, 0.25) is 0 Å². The van der Waals surface area contributed by atoms with E-state index in [0.717, 1.165) is 0 Å². The van der Waals surface area contributed by atoms with Gasteiger partial charge in [0.1, 0.15) is 17.1 Å². The molecular weight excluding hydrogens is 377 g/mol. The fourth-order valence-corrected chi connectivity index (χ4v) is 3.25. The molecule has 2 aromatic carbocycles. The molecule has 2 aromatic rings. The molecule has 0 unspecified atom stereocenters. The lowest BCUT2D eigenvalue weighted by molar-refractivity contribution is 0.0989. The molecule has 0 fully saturated rings. The number of benzene rings is 2. The largest absolute Gasteiger partial charge is 0.495 e. The summed E-state index contributed by atoms with van der Waals surface area (Å²) >= 11 is 0. The lowest BCUT2D eigenvalue weighted by Gasteiger charge is -2.29. The number of hydrogen-bond donors (Lipinski definition) is 0. The Morgan fingerprint density at radius 3 is 2.34 bits per heavy atom. The molecule has 0 saturated carbocycles. The van der Waals surface area contributed by atoms with Gasteiger partial charge in [-0.3, -0.25) is 4.79 Å². The minimum atomic E-state index is -0.690. The van der Waals surface area contributed by atoms with E-state index in [1.807, 2.05) is 26.0 Å². The van der Waals surface area contributed by atoms with Gasteiger partial charge in [0.15, 0.2) is 17.3 Å². The van der Waals surface area contributed by atoms with Crippen LogP contribution in [0.2, 0.25) is 0 Å². The highest BCUT2D eigenvalue weighted by Crippen LogP contribution is 2.41. The van der Waals surface area contributed by atoms with Crippen LogP contribution in [0.25, 0.3) is 6.08 Å². The minimum absolute atomic E-state index is 0.0559. The number of anilines is 1. The SMILES string of the molecule is COc1ccc(N(C)C(=O)c2ccc3c(c2OC)C=CC(C)(C)O3)c(F)c1OC. The summed E-state index contributed by atoms with van der Waals surface area (Å²) in [6.45, 7) is 3.87. The summed E-state index contributed by atoms with van der Waals surface area (Å²) in [6, 6.07) is 6.34. The number of nitrogens with zero attached hydrogens (tertiary/aromatic N) is 1. The van der Waals surface area contributed by atoms with Crippen molar-refractivity contribution in [2.75, 3.05) is 33.3 Å². The van der Waals surface area contributed by atoms with Gasteiger partial charge in [-0.25, -0.2) is 4.39 Å². The van der Waals surface area contributed by atoms with Crippen molar-refractivity contribution in [2.24, 2.45) is 0 Å². The first-order chi connectivity index (χ1) is 13.7. The second kappa shape index (κ2) is 7.66. The molecule has 154 valence electrons. The Morgan fingerprint density at radius 1 is 1.03 bits per heavy atom. The quantitative estimate of drug-likeness (QED) is 0.747. The molecule has 1 aliphatic rings. The van der Waals surface area contributed by atoms with Crippen molar-refractivity contribution < 1.29 is 28.1 Å². The highest BCUT2D eigenvalue weighted by Gasteiger charge is 2.29. The van der Waals surface area contributed by atoms with Gasteiger partial charge in [0.05, 0.1) is 38.1 Å². The first-order valence-corrected chi connectivity index (χ1v) is 9.01. The molecule has 6 nitrogen and oxygen atoms in total. The van der Waals surface area contributed by atoms with Crippen LogP contribution < -0.4 is 23.8 Å². The van der Waals surface area contributed by atoms with E-state index in [1.54, 1.807) is 18.2 Å². The molecule has 7 heteroatoms. The third kappa shape index (κ3) is 3.60. The normalized spacial score (nSPS) is 13.9. The van der Waals surface area contributed by atoms with Crippen LogP contribution in [0, 0.1) is 5.82 Å². The lowest BCUT2D eigenvalue weighted by atomic mass is 9.99. The van der Waals surface area contributed by atoms with Crippen molar-refractivity contribution in [1.82, 2.24) is 0 Å². The number of rotatable bonds is 5. The molecule has 29 heavy (non-hydrogen) atoms. The third-order valence-corrected chi connectivity index (χ3v) is 4.75. The average molecular weight is 401 g/mol. The molecular formula is C22H24FNO5. The topological polar surface area (TPSA) is 57.2 Å². The predicted octanol–water partition coefficient (Wildman–Crippen LogP) is 4.31. The number of ether oxygens (including phenoxy) is 4. The van der Waals surface area contributed by atoms with Gasteiger partial charge in [0, 0.05) is 7.05 Å². The molecule has 3 rings (SSSR count). The predicted molar refractivity (Wildman–Crippen MR) is 109 cm³/mol. The number of hydrogen-bond acceptors (Lipinski definition) is 5. The molecule has 0 aromatic heterocycles. The van der Waals surface area contributed by atoms with Gasteiger partial charge < -0.3 is 23.8 Å². The molecule has 0 bridgehead atoms. The summed E-state index contributed by atoms with van der Waals surface area (Å²) in [5.41, 5.74) is 0.554. The molecule has 0 spiro atoms. The van der Waals surface area contributed by atoms with Crippen LogP contribution in [-0.2, 0) is 0 Å². The standard InChI is InChI=1S/C22H24FNO5/c1-22(2)12-11-13-16(29-22)9-7-14(19(13)27-5)21(25)24(3)15-8-10-17(26-4)20(28-6)18(15)23/h7-12H,1-6H3. The van der Waals surface area contributed by atoms with E-state index in [2.05, 4.69) is 0 Å². The van der Waals surface area contributed by atoms with Crippen molar-refractivity contribution >= 4 is 17.7 Å². The summed E-state index contributed by atoms with van der Waals surface area (Å²) in [5.74, 6) is 0.0305. The van der Waals surface area contributed by atoms with Crippen molar-refractivity contribution in [3.8, 4) is 23.0 Å². The Hall–Kier alpha value is -3.22. The number of carbonyl (C=O) groups excluding carboxylic acids is 1. The molecule has 0 radical (unpaired) electrons. The maximum Gasteiger partial charge on any atom is 0.261 e. The van der Waals surface area contributed by atoms with E-state index in [9.17, 15) is 9.18 Å². The summed E-state index contributed by atoms with van der Waals surface area (Å²) in [4.78, 5) is 14.4. The van der Waals surface area contributed by atoms with Crippen molar-refractivity contribution in [3.05, 3.63) is 47.3 Å². The van der Waals surface area contributed by atoms with E-state index in [-0.39, 0.29) is 22.7 Å². The van der Waals surface area contributed by atoms with Gasteiger partial charge in [-0.2, -0.15) is 0 Å². The van der Waals surface area contributed by atoms with Crippen LogP contribution in [0.3, 0.4) is 0 Å². The summed E-state index contributed by atoms with van der Waals surface area (Å²) < 4.78 is 36.6. The molecule has 1 amide bonds. The van der Waals surface area contributed by atoms with Crippen LogP contribution in [0.5, 0.6) is 23.0 Å². The minimum Gasteiger partial charge on any atom is -0.495 e. The Kier molecular flexibility index (Phi) is 5.42. The van der Waals surface area contributed by atoms with Crippen LogP contribution >= 0.6 is 0 Å². The Labute approximate surface area is 169 Å². The molecule has 1 aliphatic heterocycles. The number of fused-ring (bicyclic) bond motifs is 1. The second-order valence-corrected chi connectivity index (χ2v) is 7.10. The maximum absolute atomic E-state index is 14.9. The lowest BCUT2D eigenvalue weighted by Crippen LogP contribution is -2.29. The van der Waals surface area contributed by atoms with E-state index < -0.39 is 17.3 Å². The van der Waals surface area contributed by atoms with Crippen LogP contribution in [0.1, 0.15) is 29.8 Å². The highest BCUT2D eigenvalue weighted by molar-refractivity contribution is 6.08. The van der Waals surface area contributed by atoms with Crippen LogP contribution in [0.4, 0.5) is 10.1 Å². The van der Waals surface area contributed by atoms with E-state index in [0.29, 0.717) is 17.1 Å². The molecule has 0 aliphatic carbocycles. The average Bonchev–Trinajstić information content (AvgIpc) is 2.70. The first kappa shape index (κ1) is 20.5. The van der Waals surface area contributed by atoms with Crippen LogP contribution in [0.15, 0.2) is 30.3 Å². The Morgan fingerprint density at radius 2 is 1.72 bits per heavy atom.